The number of carbonyl (C=O) groups is 1. The van der Waals surface area contributed by atoms with Gasteiger partial charge in [-0.25, -0.2) is 4.98 Å². The van der Waals surface area contributed by atoms with Crippen LogP contribution in [0.2, 0.25) is 0 Å². The molecule has 0 bridgehead atoms. The summed E-state index contributed by atoms with van der Waals surface area (Å²) in [5.74, 6) is 1.06. The maximum absolute atomic E-state index is 12.1. The molecule has 1 aliphatic rings. The minimum atomic E-state index is 0.0413. The Balaban J connectivity index is 2.09. The Morgan fingerprint density at radius 2 is 2.44 bits per heavy atom. The molecule has 0 saturated carbocycles. The van der Waals surface area contributed by atoms with E-state index in [9.17, 15) is 4.79 Å². The smallest absolute Gasteiger partial charge is 0.272 e. The number of halogens is 1. The average molecular weight is 301 g/mol. The zero-order valence-corrected chi connectivity index (χ0v) is 11.4. The number of carbonyl (C=O) groups excluding carboxylic acids is 1. The van der Waals surface area contributed by atoms with Crippen molar-refractivity contribution in [3.63, 3.8) is 0 Å². The van der Waals surface area contributed by atoms with Crippen LogP contribution in [-0.4, -0.2) is 39.9 Å². The van der Waals surface area contributed by atoms with Crippen LogP contribution in [0.25, 0.3) is 0 Å². The number of nitrogens with zero attached hydrogens (tertiary/aromatic N) is 2. The summed E-state index contributed by atoms with van der Waals surface area (Å²) in [6.07, 6.45) is 1.66. The van der Waals surface area contributed by atoms with E-state index in [0.29, 0.717) is 10.9 Å². The molecule has 0 spiro atoms. The molecule has 0 aliphatic carbocycles. The number of amides is 1. The molecule has 1 saturated heterocycles. The molecule has 16 heavy (non-hydrogen) atoms. The van der Waals surface area contributed by atoms with E-state index >= 15 is 0 Å². The molecule has 1 amide bonds. The SMILES string of the molecule is CC1CN(C(=O)c2ccc(Br)cn2)CCS1. The lowest BCUT2D eigenvalue weighted by atomic mass is 10.3. The van der Waals surface area contributed by atoms with Crippen LogP contribution in [0.3, 0.4) is 0 Å². The minimum Gasteiger partial charge on any atom is -0.335 e. The Morgan fingerprint density at radius 3 is 3.06 bits per heavy atom. The molecule has 86 valence electrons. The van der Waals surface area contributed by atoms with Crippen LogP contribution in [0.15, 0.2) is 22.8 Å². The van der Waals surface area contributed by atoms with E-state index < -0.39 is 0 Å². The molecule has 2 rings (SSSR count). The Labute approximate surface area is 108 Å². The highest BCUT2D eigenvalue weighted by Crippen LogP contribution is 2.19. The van der Waals surface area contributed by atoms with Crippen LogP contribution in [0.1, 0.15) is 17.4 Å². The van der Waals surface area contributed by atoms with Gasteiger partial charge in [-0.3, -0.25) is 4.79 Å². The summed E-state index contributed by atoms with van der Waals surface area (Å²) in [5.41, 5.74) is 0.530. The van der Waals surface area contributed by atoms with Crippen molar-refractivity contribution in [3.8, 4) is 0 Å². The number of hydrogen-bond donors (Lipinski definition) is 0. The molecule has 0 radical (unpaired) electrons. The van der Waals surface area contributed by atoms with Gasteiger partial charge in [-0.05, 0) is 28.1 Å². The molecule has 1 aliphatic heterocycles. The van der Waals surface area contributed by atoms with Crippen LogP contribution in [0.4, 0.5) is 0 Å². The van der Waals surface area contributed by atoms with E-state index in [-0.39, 0.29) is 5.91 Å². The van der Waals surface area contributed by atoms with Crippen LogP contribution in [0, 0.1) is 0 Å². The largest absolute Gasteiger partial charge is 0.335 e. The van der Waals surface area contributed by atoms with Gasteiger partial charge in [0.15, 0.2) is 0 Å². The van der Waals surface area contributed by atoms with Crippen LogP contribution >= 0.6 is 27.7 Å². The fraction of sp³-hybridized carbons (Fsp3) is 0.455. The van der Waals surface area contributed by atoms with Crippen molar-refractivity contribution < 1.29 is 4.79 Å². The van der Waals surface area contributed by atoms with Gasteiger partial charge in [0.2, 0.25) is 0 Å². The molecule has 1 aromatic rings. The third-order valence-corrected chi connectivity index (χ3v) is 4.08. The first kappa shape index (κ1) is 11.9. The normalized spacial score (nSPS) is 20.9. The molecule has 0 aromatic carbocycles. The molecule has 1 atom stereocenters. The van der Waals surface area contributed by atoms with Crippen molar-refractivity contribution in [3.05, 3.63) is 28.5 Å². The molecule has 1 aromatic heterocycles. The van der Waals surface area contributed by atoms with Gasteiger partial charge in [0.05, 0.1) is 0 Å². The molecule has 1 fully saturated rings. The number of hydrogen-bond acceptors (Lipinski definition) is 3. The molecule has 1 unspecified atom stereocenters. The first-order chi connectivity index (χ1) is 7.66. The van der Waals surface area contributed by atoms with Gasteiger partial charge in [-0.2, -0.15) is 11.8 Å². The first-order valence-electron chi connectivity index (χ1n) is 5.19. The topological polar surface area (TPSA) is 33.2 Å². The van der Waals surface area contributed by atoms with Crippen molar-refractivity contribution in [2.75, 3.05) is 18.8 Å². The zero-order chi connectivity index (χ0) is 11.5. The van der Waals surface area contributed by atoms with Crippen molar-refractivity contribution in [2.45, 2.75) is 12.2 Å². The summed E-state index contributed by atoms with van der Waals surface area (Å²) < 4.78 is 0.895. The Bertz CT molecular complexity index is 382. The first-order valence-corrected chi connectivity index (χ1v) is 7.03. The molecular formula is C11H13BrN2OS. The number of thioether (sulfide) groups is 1. The van der Waals surface area contributed by atoms with Crippen molar-refractivity contribution in [2.24, 2.45) is 0 Å². The summed E-state index contributed by atoms with van der Waals surface area (Å²) in [7, 11) is 0. The van der Waals surface area contributed by atoms with E-state index in [1.165, 1.54) is 0 Å². The molecule has 3 nitrogen and oxygen atoms in total. The monoisotopic (exact) mass is 300 g/mol. The van der Waals surface area contributed by atoms with E-state index in [4.69, 9.17) is 0 Å². The predicted molar refractivity (Wildman–Crippen MR) is 69.8 cm³/mol. The second kappa shape index (κ2) is 5.19. The second-order valence-electron chi connectivity index (χ2n) is 3.79. The van der Waals surface area contributed by atoms with E-state index in [2.05, 4.69) is 27.8 Å². The number of rotatable bonds is 1. The predicted octanol–water partition coefficient (Wildman–Crippen LogP) is 2.42. The van der Waals surface area contributed by atoms with Crippen LogP contribution in [0.5, 0.6) is 0 Å². The standard InChI is InChI=1S/C11H13BrN2OS/c1-8-7-14(4-5-16-8)11(15)10-3-2-9(12)6-13-10/h2-3,6,8H,4-5,7H2,1H3. The lowest BCUT2D eigenvalue weighted by molar-refractivity contribution is 0.0757. The molecular weight excluding hydrogens is 288 g/mol. The second-order valence-corrected chi connectivity index (χ2v) is 6.26. The summed E-state index contributed by atoms with van der Waals surface area (Å²) in [4.78, 5) is 18.1. The van der Waals surface area contributed by atoms with Crippen LogP contribution < -0.4 is 0 Å². The molecule has 2 heterocycles. The maximum Gasteiger partial charge on any atom is 0.272 e. The summed E-state index contributed by atoms with van der Waals surface area (Å²) in [6, 6.07) is 3.61. The van der Waals surface area contributed by atoms with Gasteiger partial charge >= 0.3 is 0 Å². The lowest BCUT2D eigenvalue weighted by Crippen LogP contribution is -2.41. The van der Waals surface area contributed by atoms with Gasteiger partial charge in [0, 0.05) is 34.8 Å². The van der Waals surface area contributed by atoms with Crippen molar-refractivity contribution >= 4 is 33.6 Å². The highest BCUT2D eigenvalue weighted by molar-refractivity contribution is 9.10. The third-order valence-electron chi connectivity index (χ3n) is 2.47. The van der Waals surface area contributed by atoms with E-state index in [1.54, 1.807) is 12.3 Å². The summed E-state index contributed by atoms with van der Waals surface area (Å²) >= 11 is 5.22. The van der Waals surface area contributed by atoms with E-state index in [1.807, 2.05) is 22.7 Å². The fourth-order valence-corrected chi connectivity index (χ4v) is 2.92. The Morgan fingerprint density at radius 1 is 1.62 bits per heavy atom. The highest BCUT2D eigenvalue weighted by atomic mass is 79.9. The van der Waals surface area contributed by atoms with Gasteiger partial charge < -0.3 is 4.90 Å². The lowest BCUT2D eigenvalue weighted by Gasteiger charge is -2.30. The van der Waals surface area contributed by atoms with Gasteiger partial charge in [0.25, 0.3) is 5.91 Å². The summed E-state index contributed by atoms with van der Waals surface area (Å²) in [6.45, 7) is 3.80. The van der Waals surface area contributed by atoms with Crippen LogP contribution in [-0.2, 0) is 0 Å². The third kappa shape index (κ3) is 2.77. The van der Waals surface area contributed by atoms with Crippen molar-refractivity contribution in [1.82, 2.24) is 9.88 Å². The Hall–Kier alpha value is -0.550. The average Bonchev–Trinajstić information content (AvgIpc) is 2.29. The maximum atomic E-state index is 12.1. The van der Waals surface area contributed by atoms with Gasteiger partial charge in [0.1, 0.15) is 5.69 Å². The van der Waals surface area contributed by atoms with E-state index in [0.717, 1.165) is 23.3 Å². The number of pyridine rings is 1. The fourth-order valence-electron chi connectivity index (χ4n) is 1.67. The minimum absolute atomic E-state index is 0.0413. The van der Waals surface area contributed by atoms with Gasteiger partial charge in [-0.1, -0.05) is 6.92 Å². The number of aromatic nitrogens is 1. The van der Waals surface area contributed by atoms with Crippen molar-refractivity contribution in [1.29, 1.82) is 0 Å². The Kier molecular flexibility index (Phi) is 3.86. The summed E-state index contributed by atoms with van der Waals surface area (Å²) in [5, 5.41) is 0.521. The highest BCUT2D eigenvalue weighted by Gasteiger charge is 2.22. The quantitative estimate of drug-likeness (QED) is 0.799. The molecule has 0 N–H and O–H groups in total. The van der Waals surface area contributed by atoms with Gasteiger partial charge in [-0.15, -0.1) is 0 Å². The zero-order valence-electron chi connectivity index (χ0n) is 9.02. The molecule has 5 heteroatoms.